The Hall–Kier alpha value is -3.96. The van der Waals surface area contributed by atoms with E-state index in [0.29, 0.717) is 34.5 Å². The van der Waals surface area contributed by atoms with Gasteiger partial charge in [-0.1, -0.05) is 17.7 Å². The summed E-state index contributed by atoms with van der Waals surface area (Å²) in [6.45, 7) is 0.525. The van der Waals surface area contributed by atoms with Crippen LogP contribution in [0.2, 0.25) is 5.02 Å². The van der Waals surface area contributed by atoms with Crippen molar-refractivity contribution in [1.82, 2.24) is 9.88 Å². The van der Waals surface area contributed by atoms with Crippen molar-refractivity contribution in [3.8, 4) is 0 Å². The van der Waals surface area contributed by atoms with Crippen LogP contribution in [0.25, 0.3) is 11.1 Å². The van der Waals surface area contributed by atoms with Gasteiger partial charge in [-0.2, -0.15) is 0 Å². The lowest BCUT2D eigenvalue weighted by molar-refractivity contribution is -0.115. The number of H-pyrrole nitrogens is 1. The van der Waals surface area contributed by atoms with E-state index in [1.807, 2.05) is 0 Å². The van der Waals surface area contributed by atoms with Gasteiger partial charge >= 0.3 is 5.76 Å². The number of carbonyl (C=O) groups is 3. The second kappa shape index (κ2) is 9.25. The largest absolute Gasteiger partial charge is 0.417 e. The molecule has 12 heteroatoms. The molecule has 5 rings (SSSR count). The van der Waals surface area contributed by atoms with Gasteiger partial charge in [0.15, 0.2) is 5.58 Å². The van der Waals surface area contributed by atoms with Crippen molar-refractivity contribution in [2.24, 2.45) is 5.73 Å². The molecular weight excluding hydrogens is 511 g/mol. The number of carbonyl (C=O) groups excluding carboxylic acids is 3. The van der Waals surface area contributed by atoms with Gasteiger partial charge in [0.05, 0.1) is 24.0 Å². The van der Waals surface area contributed by atoms with Crippen LogP contribution >= 0.6 is 22.9 Å². The highest BCUT2D eigenvalue weighted by Crippen LogP contribution is 2.37. The predicted octanol–water partition coefficient (Wildman–Crippen LogP) is 3.45. The van der Waals surface area contributed by atoms with Crippen molar-refractivity contribution in [3.05, 3.63) is 84.9 Å². The molecule has 9 nitrogen and oxygen atoms in total. The SMILES string of the molecule is NC(=O)c1c(NC(=O)Cc2ccc(Cl)cc2F)sc2c1CCN(C(=O)c1ccc3[nH]c(=O)oc3c1)C2. The van der Waals surface area contributed by atoms with Gasteiger partial charge in [-0.05, 0) is 47.9 Å². The van der Waals surface area contributed by atoms with E-state index >= 15 is 0 Å². The van der Waals surface area contributed by atoms with Crippen LogP contribution in [0.5, 0.6) is 0 Å². The number of aromatic amines is 1. The molecular formula is C24H18ClFN4O5S. The molecule has 2 aromatic heterocycles. The fourth-order valence-electron chi connectivity index (χ4n) is 4.20. The summed E-state index contributed by atoms with van der Waals surface area (Å²) in [5.74, 6) is -2.71. The van der Waals surface area contributed by atoms with Crippen LogP contribution < -0.4 is 16.8 Å². The molecule has 0 radical (unpaired) electrons. The van der Waals surface area contributed by atoms with Crippen molar-refractivity contribution in [3.63, 3.8) is 0 Å². The Morgan fingerprint density at radius 2 is 2.03 bits per heavy atom. The van der Waals surface area contributed by atoms with Crippen LogP contribution in [0.15, 0.2) is 45.6 Å². The van der Waals surface area contributed by atoms with E-state index in [9.17, 15) is 23.6 Å². The molecule has 0 aliphatic carbocycles. The standard InChI is InChI=1S/C24H18ClFN4O5S/c25-13-3-1-11(15(26)9-13)8-19(31)29-22-20(21(27)32)14-5-6-30(10-18(14)36-22)23(33)12-2-4-16-17(7-12)35-24(34)28-16/h1-4,7,9H,5-6,8,10H2,(H2,27,32)(H,28,34)(H,29,31). The molecule has 0 fully saturated rings. The molecule has 2 aromatic carbocycles. The highest BCUT2D eigenvalue weighted by Gasteiger charge is 2.30. The number of nitrogens with zero attached hydrogens (tertiary/aromatic N) is 1. The first-order valence-corrected chi connectivity index (χ1v) is 12.0. The minimum absolute atomic E-state index is 0.158. The molecule has 0 saturated heterocycles. The first-order valence-electron chi connectivity index (χ1n) is 10.8. The Kier molecular flexibility index (Phi) is 6.10. The molecule has 0 saturated carbocycles. The number of benzene rings is 2. The van der Waals surface area contributed by atoms with E-state index in [1.165, 1.54) is 18.2 Å². The molecule has 1 aliphatic rings. The number of nitrogens with two attached hydrogens (primary N) is 1. The van der Waals surface area contributed by atoms with Crippen LogP contribution in [0.1, 0.15) is 36.7 Å². The lowest BCUT2D eigenvalue weighted by Crippen LogP contribution is -2.35. The maximum Gasteiger partial charge on any atom is 0.417 e. The Bertz CT molecular complexity index is 1610. The van der Waals surface area contributed by atoms with Crippen molar-refractivity contribution >= 4 is 56.8 Å². The topological polar surface area (TPSA) is 138 Å². The third-order valence-corrected chi connectivity index (χ3v) is 7.24. The number of fused-ring (bicyclic) bond motifs is 2. The second-order valence-corrected chi connectivity index (χ2v) is 9.78. The van der Waals surface area contributed by atoms with Crippen molar-refractivity contribution in [2.75, 3.05) is 11.9 Å². The molecule has 1 aliphatic heterocycles. The summed E-state index contributed by atoms with van der Waals surface area (Å²) < 4.78 is 19.1. The summed E-state index contributed by atoms with van der Waals surface area (Å²) in [6, 6.07) is 8.71. The Morgan fingerprint density at radius 3 is 2.78 bits per heavy atom. The number of anilines is 1. The van der Waals surface area contributed by atoms with Crippen LogP contribution in [-0.4, -0.2) is 34.2 Å². The maximum atomic E-state index is 14.1. The number of primary amides is 1. The van der Waals surface area contributed by atoms with Gasteiger partial charge in [-0.3, -0.25) is 19.4 Å². The number of nitrogens with one attached hydrogen (secondary N) is 2. The van der Waals surface area contributed by atoms with Crippen LogP contribution in [0.3, 0.4) is 0 Å². The number of rotatable bonds is 5. The smallest absolute Gasteiger partial charge is 0.408 e. The van der Waals surface area contributed by atoms with E-state index in [-0.39, 0.29) is 45.6 Å². The Balaban J connectivity index is 1.36. The molecule has 4 aromatic rings. The van der Waals surface area contributed by atoms with Gasteiger partial charge in [0.1, 0.15) is 10.8 Å². The molecule has 4 N–H and O–H groups in total. The van der Waals surface area contributed by atoms with Gasteiger partial charge in [-0.15, -0.1) is 11.3 Å². The Labute approximate surface area is 211 Å². The highest BCUT2D eigenvalue weighted by atomic mass is 35.5. The fraction of sp³-hybridized carbons (Fsp3) is 0.167. The molecule has 0 spiro atoms. The zero-order valence-electron chi connectivity index (χ0n) is 18.5. The lowest BCUT2D eigenvalue weighted by atomic mass is 10.0. The zero-order chi connectivity index (χ0) is 25.6. The summed E-state index contributed by atoms with van der Waals surface area (Å²) in [5.41, 5.74) is 7.76. The van der Waals surface area contributed by atoms with Crippen molar-refractivity contribution in [1.29, 1.82) is 0 Å². The number of oxazole rings is 1. The van der Waals surface area contributed by atoms with E-state index in [4.69, 9.17) is 21.8 Å². The van der Waals surface area contributed by atoms with Crippen LogP contribution in [-0.2, 0) is 24.2 Å². The molecule has 36 heavy (non-hydrogen) atoms. The first kappa shape index (κ1) is 23.8. The summed E-state index contributed by atoms with van der Waals surface area (Å²) in [6.07, 6.45) is 0.102. The van der Waals surface area contributed by atoms with E-state index < -0.39 is 23.4 Å². The number of thiophene rings is 1. The summed E-state index contributed by atoms with van der Waals surface area (Å²) in [7, 11) is 0. The number of amides is 3. The van der Waals surface area contributed by atoms with E-state index in [1.54, 1.807) is 17.0 Å². The molecule has 0 unspecified atom stereocenters. The summed E-state index contributed by atoms with van der Waals surface area (Å²) in [4.78, 5) is 54.2. The van der Waals surface area contributed by atoms with Gasteiger partial charge in [0, 0.05) is 22.0 Å². The van der Waals surface area contributed by atoms with E-state index in [0.717, 1.165) is 17.4 Å². The molecule has 3 heterocycles. The van der Waals surface area contributed by atoms with Gasteiger partial charge < -0.3 is 20.4 Å². The number of hydrogen-bond acceptors (Lipinski definition) is 6. The third-order valence-electron chi connectivity index (χ3n) is 5.88. The first-order chi connectivity index (χ1) is 17.2. The number of halogens is 2. The average molecular weight is 529 g/mol. The maximum absolute atomic E-state index is 14.1. The van der Waals surface area contributed by atoms with Gasteiger partial charge in [0.2, 0.25) is 5.91 Å². The van der Waals surface area contributed by atoms with Gasteiger partial charge in [0.25, 0.3) is 11.8 Å². The van der Waals surface area contributed by atoms with E-state index in [2.05, 4.69) is 10.3 Å². The summed E-state index contributed by atoms with van der Waals surface area (Å²) in [5, 5.41) is 3.15. The monoisotopic (exact) mass is 528 g/mol. The van der Waals surface area contributed by atoms with Crippen LogP contribution in [0.4, 0.5) is 9.39 Å². The Morgan fingerprint density at radius 1 is 1.22 bits per heavy atom. The highest BCUT2D eigenvalue weighted by molar-refractivity contribution is 7.17. The molecule has 184 valence electrons. The molecule has 3 amide bonds. The predicted molar refractivity (Wildman–Crippen MR) is 132 cm³/mol. The summed E-state index contributed by atoms with van der Waals surface area (Å²) >= 11 is 6.91. The van der Waals surface area contributed by atoms with Crippen LogP contribution in [0, 0.1) is 5.82 Å². The molecule has 0 atom stereocenters. The average Bonchev–Trinajstić information content (AvgIpc) is 3.38. The number of aromatic nitrogens is 1. The minimum Gasteiger partial charge on any atom is -0.408 e. The lowest BCUT2D eigenvalue weighted by Gasteiger charge is -2.27. The fourth-order valence-corrected chi connectivity index (χ4v) is 5.64. The normalized spacial score (nSPS) is 13.0. The van der Waals surface area contributed by atoms with Gasteiger partial charge in [-0.25, -0.2) is 9.18 Å². The van der Waals surface area contributed by atoms with Crippen molar-refractivity contribution < 1.29 is 23.2 Å². The minimum atomic E-state index is -0.701. The third kappa shape index (κ3) is 4.50. The molecule has 0 bridgehead atoms. The quantitative estimate of drug-likeness (QED) is 0.364. The number of hydrogen-bond donors (Lipinski definition) is 3. The van der Waals surface area contributed by atoms with Crippen molar-refractivity contribution in [2.45, 2.75) is 19.4 Å². The zero-order valence-corrected chi connectivity index (χ0v) is 20.1. The second-order valence-electron chi connectivity index (χ2n) is 8.24.